The first-order valence-electron chi connectivity index (χ1n) is 21.0. The highest BCUT2D eigenvalue weighted by atomic mass is 19.4. The first-order chi connectivity index (χ1) is 32.7. The van der Waals surface area contributed by atoms with Crippen LogP contribution in [0.1, 0.15) is 52.6 Å². The molecular formula is C47H41F8N7O7. The summed E-state index contributed by atoms with van der Waals surface area (Å²) in [7, 11) is 0. The van der Waals surface area contributed by atoms with Crippen molar-refractivity contribution in [2.24, 2.45) is 0 Å². The summed E-state index contributed by atoms with van der Waals surface area (Å²) in [5.74, 6) is -5.39. The zero-order valence-electron chi connectivity index (χ0n) is 36.1. The highest BCUT2D eigenvalue weighted by Crippen LogP contribution is 2.34. The van der Waals surface area contributed by atoms with Gasteiger partial charge >= 0.3 is 12.4 Å². The Balaban J connectivity index is 0.000000232. The van der Waals surface area contributed by atoms with Crippen molar-refractivity contribution in [3.63, 3.8) is 0 Å². The van der Waals surface area contributed by atoms with Crippen molar-refractivity contribution in [2.75, 3.05) is 65.4 Å². The van der Waals surface area contributed by atoms with Crippen LogP contribution in [0.4, 0.5) is 35.1 Å². The second-order valence-electron chi connectivity index (χ2n) is 15.4. The average molecular weight is 968 g/mol. The van der Waals surface area contributed by atoms with Crippen LogP contribution in [0.5, 0.6) is 0 Å². The number of halogens is 8. The number of benzene rings is 4. The number of alkyl halides is 6. The minimum Gasteiger partial charge on any atom is -0.343 e. The number of H-pyrrole nitrogens is 1. The molecule has 3 heterocycles. The molecule has 5 aromatic rings. The molecule has 0 spiro atoms. The van der Waals surface area contributed by atoms with E-state index in [4.69, 9.17) is 0 Å². The van der Waals surface area contributed by atoms with E-state index in [0.717, 1.165) is 30.3 Å². The topological polar surface area (TPSA) is 172 Å². The van der Waals surface area contributed by atoms with Gasteiger partial charge in [0.2, 0.25) is 17.4 Å². The normalized spacial score (nSPS) is 14.0. The van der Waals surface area contributed by atoms with E-state index in [1.165, 1.54) is 98.6 Å². The molecule has 2 aliphatic rings. The Labute approximate surface area is 387 Å². The lowest BCUT2D eigenvalue weighted by molar-refractivity contribution is -0.138. The van der Waals surface area contributed by atoms with E-state index >= 15 is 0 Å². The second kappa shape index (κ2) is 21.8. The van der Waals surface area contributed by atoms with Gasteiger partial charge in [0.1, 0.15) is 0 Å². The number of amides is 6. The molecule has 2 fully saturated rings. The maximum absolute atomic E-state index is 14.0. The molecule has 22 heteroatoms. The Morgan fingerprint density at radius 3 is 1.36 bits per heavy atom. The molecule has 4 aromatic carbocycles. The predicted molar refractivity (Wildman–Crippen MR) is 231 cm³/mol. The average Bonchev–Trinajstić information content (AvgIpc) is 3.35. The van der Waals surface area contributed by atoms with Crippen LogP contribution in [0, 0.1) is 11.6 Å². The van der Waals surface area contributed by atoms with E-state index in [2.05, 4.69) is 15.6 Å². The number of aromatic amines is 1. The number of rotatable bonds is 9. The third-order valence-corrected chi connectivity index (χ3v) is 11.0. The number of pyridine rings is 1. The van der Waals surface area contributed by atoms with E-state index < -0.39 is 75.8 Å². The Morgan fingerprint density at radius 2 is 0.928 bits per heavy atom. The lowest BCUT2D eigenvalue weighted by Crippen LogP contribution is -2.52. The molecule has 14 nitrogen and oxygen atoms in total. The van der Waals surface area contributed by atoms with E-state index in [-0.39, 0.29) is 93.6 Å². The number of nitrogens with zero attached hydrogens (tertiary/aromatic N) is 4. The molecule has 0 atom stereocenters. The summed E-state index contributed by atoms with van der Waals surface area (Å²) < 4.78 is 107. The van der Waals surface area contributed by atoms with Crippen molar-refractivity contribution < 1.29 is 63.9 Å². The van der Waals surface area contributed by atoms with Gasteiger partial charge in [0.05, 0.1) is 40.9 Å². The van der Waals surface area contributed by atoms with E-state index in [9.17, 15) is 68.7 Å². The SMILES string of the molecule is O=C(NCC(=O)N1CCN(C(=O)c2ccccc2C(F)(F)F)CC1)c1ccc(-c2cccc(F)c2F)cc1.O=C(NCC(=O)N1CCN(C(=O)c2ccccc2C(F)(F)F)CC1)c1ccc(=O)[nH]c1. The van der Waals surface area contributed by atoms with Gasteiger partial charge in [0, 0.05) is 75.7 Å². The smallest absolute Gasteiger partial charge is 0.343 e. The number of carbonyl (C=O) groups excluding carboxylic acids is 6. The number of aromatic nitrogens is 1. The van der Waals surface area contributed by atoms with Gasteiger partial charge in [0.15, 0.2) is 11.6 Å². The fraction of sp³-hybridized carbons (Fsp3) is 0.255. The van der Waals surface area contributed by atoms with Crippen LogP contribution in [-0.4, -0.2) is 125 Å². The molecule has 3 N–H and O–H groups in total. The molecule has 7 rings (SSSR count). The first kappa shape index (κ1) is 50.5. The number of carbonyl (C=O) groups is 6. The molecule has 2 saturated heterocycles. The molecule has 6 amide bonds. The van der Waals surface area contributed by atoms with Gasteiger partial charge in [-0.1, -0.05) is 48.5 Å². The van der Waals surface area contributed by atoms with Crippen LogP contribution in [-0.2, 0) is 21.9 Å². The number of piperazine rings is 2. The molecule has 0 radical (unpaired) electrons. The van der Waals surface area contributed by atoms with E-state index in [1.807, 2.05) is 0 Å². The van der Waals surface area contributed by atoms with Crippen LogP contribution >= 0.6 is 0 Å². The lowest BCUT2D eigenvalue weighted by atomic mass is 10.0. The Morgan fingerprint density at radius 1 is 0.507 bits per heavy atom. The summed E-state index contributed by atoms with van der Waals surface area (Å²) in [6.45, 7) is 0.0826. The number of hydrogen-bond acceptors (Lipinski definition) is 7. The van der Waals surface area contributed by atoms with Gasteiger partial charge in [0.25, 0.3) is 23.6 Å². The number of hydrogen-bond donors (Lipinski definition) is 3. The predicted octanol–water partition coefficient (Wildman–Crippen LogP) is 5.47. The highest BCUT2D eigenvalue weighted by molar-refractivity contribution is 5.98. The van der Waals surface area contributed by atoms with E-state index in [1.54, 1.807) is 0 Å². The molecule has 0 unspecified atom stereocenters. The van der Waals surface area contributed by atoms with Crippen LogP contribution in [0.2, 0.25) is 0 Å². The maximum atomic E-state index is 14.0. The summed E-state index contributed by atoms with van der Waals surface area (Å²) in [6.07, 6.45) is -8.09. The largest absolute Gasteiger partial charge is 0.417 e. The van der Waals surface area contributed by atoms with E-state index in [0.29, 0.717) is 5.56 Å². The zero-order valence-corrected chi connectivity index (χ0v) is 36.1. The third kappa shape index (κ3) is 12.8. The van der Waals surface area contributed by atoms with Gasteiger partial charge in [-0.05, 0) is 54.1 Å². The molecule has 362 valence electrons. The summed E-state index contributed by atoms with van der Waals surface area (Å²) >= 11 is 0. The van der Waals surface area contributed by atoms with Crippen molar-refractivity contribution in [1.29, 1.82) is 0 Å². The van der Waals surface area contributed by atoms with Crippen LogP contribution in [0.15, 0.2) is 114 Å². The maximum Gasteiger partial charge on any atom is 0.417 e. The molecule has 0 aliphatic carbocycles. The van der Waals surface area contributed by atoms with Crippen LogP contribution in [0.3, 0.4) is 0 Å². The zero-order chi connectivity index (χ0) is 50.0. The fourth-order valence-corrected chi connectivity index (χ4v) is 7.31. The van der Waals surface area contributed by atoms with Crippen LogP contribution < -0.4 is 16.2 Å². The van der Waals surface area contributed by atoms with Gasteiger partial charge in [-0.3, -0.25) is 33.6 Å². The minimum absolute atomic E-state index is 0.0445. The molecule has 1 aromatic heterocycles. The van der Waals surface area contributed by atoms with Gasteiger partial charge in [-0.2, -0.15) is 26.3 Å². The highest BCUT2D eigenvalue weighted by Gasteiger charge is 2.38. The van der Waals surface area contributed by atoms with Gasteiger partial charge < -0.3 is 35.2 Å². The van der Waals surface area contributed by atoms with Crippen molar-refractivity contribution in [2.45, 2.75) is 12.4 Å². The summed E-state index contributed by atoms with van der Waals surface area (Å²) in [6, 6.07) is 21.2. The molecule has 2 aliphatic heterocycles. The lowest BCUT2D eigenvalue weighted by Gasteiger charge is -2.35. The summed E-state index contributed by atoms with van der Waals surface area (Å²) in [5, 5.41) is 4.93. The Hall–Kier alpha value is -7.91. The van der Waals surface area contributed by atoms with Crippen molar-refractivity contribution in [3.8, 4) is 11.1 Å². The fourth-order valence-electron chi connectivity index (χ4n) is 7.31. The monoisotopic (exact) mass is 967 g/mol. The van der Waals surface area contributed by atoms with Crippen molar-refractivity contribution >= 4 is 35.4 Å². The van der Waals surface area contributed by atoms with Gasteiger partial charge in [-0.15, -0.1) is 0 Å². The molecular weight excluding hydrogens is 927 g/mol. The second-order valence-corrected chi connectivity index (χ2v) is 15.4. The summed E-state index contributed by atoms with van der Waals surface area (Å²) in [5.41, 5.74) is -2.43. The van der Waals surface area contributed by atoms with Crippen LogP contribution in [0.25, 0.3) is 11.1 Å². The minimum atomic E-state index is -4.67. The van der Waals surface area contributed by atoms with Crippen molar-refractivity contribution in [1.82, 2.24) is 35.2 Å². The quantitative estimate of drug-likeness (QED) is 0.164. The third-order valence-electron chi connectivity index (χ3n) is 11.0. The molecule has 0 bridgehead atoms. The molecule has 69 heavy (non-hydrogen) atoms. The van der Waals surface area contributed by atoms with Crippen molar-refractivity contribution in [3.05, 3.63) is 165 Å². The Kier molecular flexibility index (Phi) is 16.0. The standard InChI is InChI=1S/C27H22F5N3O3.C20H19F3N4O4/c28-22-7-3-5-19(24(22)29)17-8-10-18(11-9-17)25(37)33-16-23(36)34-12-14-35(15-13-34)26(38)20-4-1-2-6-21(20)27(30,31)32;21-20(22,23)15-4-2-1-3-14(15)19(31)27-9-7-26(8-10-27)17(29)12-25-18(30)13-5-6-16(28)24-11-13/h1-11H,12-16H2,(H,33,37);1-6,11H,7-10,12H2,(H,24,28)(H,25,30). The summed E-state index contributed by atoms with van der Waals surface area (Å²) in [4.78, 5) is 93.3. The first-order valence-corrected chi connectivity index (χ1v) is 21.0. The Bertz CT molecular complexity index is 2750. The molecule has 0 saturated carbocycles. The van der Waals surface area contributed by atoms with Gasteiger partial charge in [-0.25, -0.2) is 8.78 Å². The number of nitrogens with one attached hydrogen (secondary N) is 3.